The molecule has 3 unspecified atom stereocenters. The van der Waals surface area contributed by atoms with E-state index in [4.69, 9.17) is 4.74 Å². The number of esters is 1. The molecule has 1 rings (SSSR count). The summed E-state index contributed by atoms with van der Waals surface area (Å²) >= 11 is 0. The number of carbonyl (C=O) groups is 1. The fourth-order valence-electron chi connectivity index (χ4n) is 3.55. The van der Waals surface area contributed by atoms with Crippen LogP contribution in [0.3, 0.4) is 0 Å². The van der Waals surface area contributed by atoms with Gasteiger partial charge >= 0.3 is 5.97 Å². The van der Waals surface area contributed by atoms with Gasteiger partial charge in [0.05, 0.1) is 6.61 Å². The van der Waals surface area contributed by atoms with E-state index in [1.165, 1.54) is 12.8 Å². The Kier molecular flexibility index (Phi) is 7.14. The van der Waals surface area contributed by atoms with E-state index >= 15 is 0 Å². The molecule has 0 radical (unpaired) electrons. The molecule has 0 heterocycles. The largest absolute Gasteiger partial charge is 0.465 e. The summed E-state index contributed by atoms with van der Waals surface area (Å²) in [5, 5.41) is 3.49. The van der Waals surface area contributed by atoms with E-state index in [2.05, 4.69) is 45.0 Å². The number of nitrogens with zero attached hydrogens (tertiary/aromatic N) is 1. The van der Waals surface area contributed by atoms with Crippen LogP contribution in [-0.4, -0.2) is 48.2 Å². The van der Waals surface area contributed by atoms with Crippen molar-refractivity contribution >= 4 is 5.97 Å². The molecule has 0 aromatic heterocycles. The lowest BCUT2D eigenvalue weighted by Gasteiger charge is -2.34. The van der Waals surface area contributed by atoms with E-state index in [-0.39, 0.29) is 12.0 Å². The minimum absolute atomic E-state index is 0.0715. The van der Waals surface area contributed by atoms with Gasteiger partial charge in [0.2, 0.25) is 0 Å². The third kappa shape index (κ3) is 4.68. The van der Waals surface area contributed by atoms with Gasteiger partial charge in [-0.15, -0.1) is 0 Å². The number of nitrogens with one attached hydrogen (secondary N) is 1. The highest BCUT2D eigenvalue weighted by Gasteiger charge is 2.48. The Bertz CT molecular complexity index is 333. The normalized spacial score (nSPS) is 27.3. The lowest BCUT2D eigenvalue weighted by Crippen LogP contribution is -2.54. The van der Waals surface area contributed by atoms with Crippen molar-refractivity contribution in [1.29, 1.82) is 0 Å². The second-order valence-corrected chi connectivity index (χ2v) is 6.80. The minimum Gasteiger partial charge on any atom is -0.465 e. The number of carbonyl (C=O) groups excluding carboxylic acids is 1. The first-order chi connectivity index (χ1) is 9.86. The molecule has 0 bridgehead atoms. The number of ether oxygens (including phenoxy) is 1. The fourth-order valence-corrected chi connectivity index (χ4v) is 3.55. The molecular formula is C17H34N2O2. The summed E-state index contributed by atoms with van der Waals surface area (Å²) in [6, 6.07) is 1.31. The summed E-state index contributed by atoms with van der Waals surface area (Å²) < 4.78 is 5.35. The lowest BCUT2D eigenvalue weighted by atomic mass is 9.95. The van der Waals surface area contributed by atoms with Crippen molar-refractivity contribution in [3.05, 3.63) is 0 Å². The zero-order chi connectivity index (χ0) is 16.0. The van der Waals surface area contributed by atoms with Crippen LogP contribution in [0.15, 0.2) is 0 Å². The molecule has 0 aromatic rings. The first-order valence-electron chi connectivity index (χ1n) is 8.53. The third-order valence-electron chi connectivity index (χ3n) is 4.70. The molecule has 4 nitrogen and oxygen atoms in total. The van der Waals surface area contributed by atoms with Crippen LogP contribution in [-0.2, 0) is 9.53 Å². The van der Waals surface area contributed by atoms with Crippen LogP contribution in [0, 0.1) is 0 Å². The monoisotopic (exact) mass is 298 g/mol. The topological polar surface area (TPSA) is 41.6 Å². The maximum atomic E-state index is 12.5. The van der Waals surface area contributed by atoms with Crippen LogP contribution in [0.5, 0.6) is 0 Å². The van der Waals surface area contributed by atoms with Crippen LogP contribution < -0.4 is 5.32 Å². The SMILES string of the molecule is CCCC(C)N(C)C1CCC(NC(C)C)(C(=O)OCC)C1. The van der Waals surface area contributed by atoms with Crippen LogP contribution in [0.1, 0.15) is 66.7 Å². The van der Waals surface area contributed by atoms with Gasteiger partial charge in [-0.2, -0.15) is 0 Å². The molecule has 1 aliphatic carbocycles. The number of hydrogen-bond donors (Lipinski definition) is 1. The summed E-state index contributed by atoms with van der Waals surface area (Å²) in [5.41, 5.74) is -0.491. The molecular weight excluding hydrogens is 264 g/mol. The molecule has 1 N–H and O–H groups in total. The Morgan fingerprint density at radius 2 is 2.05 bits per heavy atom. The molecule has 0 aromatic carbocycles. The zero-order valence-corrected chi connectivity index (χ0v) is 14.7. The molecule has 1 aliphatic rings. The summed E-state index contributed by atoms with van der Waals surface area (Å²) in [4.78, 5) is 14.9. The van der Waals surface area contributed by atoms with Crippen molar-refractivity contribution in [1.82, 2.24) is 10.2 Å². The highest BCUT2D eigenvalue weighted by atomic mass is 16.5. The fraction of sp³-hybridized carbons (Fsp3) is 0.941. The van der Waals surface area contributed by atoms with Gasteiger partial charge in [0, 0.05) is 18.1 Å². The zero-order valence-electron chi connectivity index (χ0n) is 14.7. The highest BCUT2D eigenvalue weighted by Crippen LogP contribution is 2.35. The Morgan fingerprint density at radius 3 is 2.57 bits per heavy atom. The van der Waals surface area contributed by atoms with Gasteiger partial charge in [-0.05, 0) is 60.4 Å². The molecule has 124 valence electrons. The highest BCUT2D eigenvalue weighted by molar-refractivity contribution is 5.81. The van der Waals surface area contributed by atoms with Crippen molar-refractivity contribution in [2.45, 2.75) is 90.4 Å². The second-order valence-electron chi connectivity index (χ2n) is 6.80. The van der Waals surface area contributed by atoms with Gasteiger partial charge in [-0.25, -0.2) is 0 Å². The maximum Gasteiger partial charge on any atom is 0.326 e. The summed E-state index contributed by atoms with van der Waals surface area (Å²) in [7, 11) is 2.20. The first kappa shape index (κ1) is 18.4. The van der Waals surface area contributed by atoms with Gasteiger partial charge in [0.15, 0.2) is 0 Å². The summed E-state index contributed by atoms with van der Waals surface area (Å²) in [5.74, 6) is -0.0715. The number of rotatable bonds is 8. The van der Waals surface area contributed by atoms with Crippen molar-refractivity contribution < 1.29 is 9.53 Å². The van der Waals surface area contributed by atoms with Gasteiger partial charge in [-0.1, -0.05) is 13.3 Å². The van der Waals surface area contributed by atoms with Gasteiger partial charge < -0.3 is 9.64 Å². The third-order valence-corrected chi connectivity index (χ3v) is 4.70. The quantitative estimate of drug-likeness (QED) is 0.700. The molecule has 1 saturated carbocycles. The average molecular weight is 298 g/mol. The Morgan fingerprint density at radius 1 is 1.38 bits per heavy atom. The van der Waals surface area contributed by atoms with Gasteiger partial charge in [0.1, 0.15) is 5.54 Å². The smallest absolute Gasteiger partial charge is 0.326 e. The lowest BCUT2D eigenvalue weighted by molar-refractivity contribution is -0.151. The molecule has 4 heteroatoms. The number of hydrogen-bond acceptors (Lipinski definition) is 4. The van der Waals surface area contributed by atoms with Crippen molar-refractivity contribution in [2.75, 3.05) is 13.7 Å². The van der Waals surface area contributed by atoms with Crippen molar-refractivity contribution in [2.24, 2.45) is 0 Å². The summed E-state index contributed by atoms with van der Waals surface area (Å²) in [6.45, 7) is 11.0. The van der Waals surface area contributed by atoms with Crippen LogP contribution in [0.25, 0.3) is 0 Å². The van der Waals surface area contributed by atoms with Crippen LogP contribution in [0.4, 0.5) is 0 Å². The average Bonchev–Trinajstić information content (AvgIpc) is 2.83. The van der Waals surface area contributed by atoms with Crippen molar-refractivity contribution in [3.63, 3.8) is 0 Å². The van der Waals surface area contributed by atoms with Gasteiger partial charge in [-0.3, -0.25) is 10.1 Å². The predicted octanol–water partition coefficient (Wildman–Crippen LogP) is 2.96. The van der Waals surface area contributed by atoms with E-state index in [1.807, 2.05) is 6.92 Å². The van der Waals surface area contributed by atoms with Crippen LogP contribution >= 0.6 is 0 Å². The minimum atomic E-state index is -0.491. The van der Waals surface area contributed by atoms with Gasteiger partial charge in [0.25, 0.3) is 0 Å². The second kappa shape index (κ2) is 8.14. The van der Waals surface area contributed by atoms with Crippen molar-refractivity contribution in [3.8, 4) is 0 Å². The molecule has 1 fully saturated rings. The summed E-state index contributed by atoms with van der Waals surface area (Å²) in [6.07, 6.45) is 5.19. The molecule has 0 amide bonds. The Hall–Kier alpha value is -0.610. The van der Waals surface area contributed by atoms with E-state index in [1.54, 1.807) is 0 Å². The molecule has 3 atom stereocenters. The molecule has 0 aliphatic heterocycles. The molecule has 21 heavy (non-hydrogen) atoms. The molecule has 0 saturated heterocycles. The van der Waals surface area contributed by atoms with E-state index in [9.17, 15) is 4.79 Å². The first-order valence-corrected chi connectivity index (χ1v) is 8.53. The van der Waals surface area contributed by atoms with E-state index in [0.29, 0.717) is 18.7 Å². The van der Waals surface area contributed by atoms with Crippen LogP contribution in [0.2, 0.25) is 0 Å². The van der Waals surface area contributed by atoms with E-state index in [0.717, 1.165) is 19.3 Å². The molecule has 0 spiro atoms. The Labute approximate surface area is 130 Å². The standard InChI is InChI=1S/C17H34N2O2/c1-7-9-14(5)19(6)15-10-11-17(12-15,18-13(3)4)16(20)21-8-2/h13-15,18H,7-12H2,1-6H3. The Balaban J connectivity index is 2.78. The maximum absolute atomic E-state index is 12.5. The van der Waals surface area contributed by atoms with E-state index < -0.39 is 5.54 Å². The predicted molar refractivity (Wildman–Crippen MR) is 87.4 cm³/mol.